The number of benzene rings is 2. The molecular weight excluding hydrogens is 645 g/mol. The van der Waals surface area contributed by atoms with Crippen LogP contribution in [0.5, 0.6) is 5.88 Å². The van der Waals surface area contributed by atoms with Crippen molar-refractivity contribution in [2.45, 2.75) is 96.4 Å². The average molecular weight is 689 g/mol. The maximum atomic E-state index is 14.4. The summed E-state index contributed by atoms with van der Waals surface area (Å²) in [4.78, 5) is 21.3. The monoisotopic (exact) mass is 688 g/mol. The predicted molar refractivity (Wildman–Crippen MR) is 176 cm³/mol. The van der Waals surface area contributed by atoms with Crippen molar-refractivity contribution in [3.05, 3.63) is 65.2 Å². The molecule has 260 valence electrons. The molecule has 3 aromatic rings. The third-order valence-corrected chi connectivity index (χ3v) is 10.4. The van der Waals surface area contributed by atoms with Gasteiger partial charge >= 0.3 is 12.3 Å². The summed E-state index contributed by atoms with van der Waals surface area (Å²) in [6.45, 7) is 11.3. The van der Waals surface area contributed by atoms with Gasteiger partial charge in [0.1, 0.15) is 5.60 Å². The van der Waals surface area contributed by atoms with Crippen molar-refractivity contribution in [1.82, 2.24) is 15.3 Å². The standard InChI is InChI=1S/C35H43F3N4O5S/c1-20-10-8-11-21(2)29(20)27-17-28-41-31(40-27)42-48(44,45)26-13-9-12-22(16-26)30(24(19-46-28)18-34(6,7)35(36,37)38)23-14-25(15-23)39-32(43)47-33(3,4)5/h8-13,16-17,23-25,30H,14-15,18-19H2,1-7H3,(H,39,43)(H,40,41,42)/t23?,24-,25?,30?/m1/s1. The van der Waals surface area contributed by atoms with Gasteiger partial charge in [0.2, 0.25) is 11.8 Å². The van der Waals surface area contributed by atoms with E-state index in [2.05, 4.69) is 20.0 Å². The van der Waals surface area contributed by atoms with Gasteiger partial charge in [0.15, 0.2) is 0 Å². The first kappa shape index (κ1) is 35.4. The number of alkyl carbamates (subject to hydrolysis) is 1. The second-order valence-electron chi connectivity index (χ2n) is 14.6. The molecule has 0 spiro atoms. The van der Waals surface area contributed by atoms with Crippen LogP contribution in [0.4, 0.5) is 23.9 Å². The van der Waals surface area contributed by atoms with Gasteiger partial charge in [0.25, 0.3) is 10.0 Å². The van der Waals surface area contributed by atoms with Crippen molar-refractivity contribution in [3.63, 3.8) is 0 Å². The highest BCUT2D eigenvalue weighted by Crippen LogP contribution is 2.51. The number of nitrogens with one attached hydrogen (secondary N) is 2. The summed E-state index contributed by atoms with van der Waals surface area (Å²) in [6.07, 6.45) is -4.43. The number of nitrogens with zero attached hydrogens (tertiary/aromatic N) is 2. The van der Waals surface area contributed by atoms with Gasteiger partial charge < -0.3 is 14.8 Å². The second kappa shape index (κ2) is 12.9. The summed E-state index contributed by atoms with van der Waals surface area (Å²) in [7, 11) is -4.21. The van der Waals surface area contributed by atoms with Gasteiger partial charge in [0, 0.05) is 23.6 Å². The largest absolute Gasteiger partial charge is 0.477 e. The molecule has 2 N–H and O–H groups in total. The van der Waals surface area contributed by atoms with E-state index in [9.17, 15) is 26.4 Å². The zero-order chi connectivity index (χ0) is 35.2. The Kier molecular flexibility index (Phi) is 9.50. The van der Waals surface area contributed by atoms with Crippen LogP contribution in [0.1, 0.15) is 76.5 Å². The van der Waals surface area contributed by atoms with Crippen LogP contribution in [0.25, 0.3) is 11.3 Å². The number of aromatic nitrogens is 2. The van der Waals surface area contributed by atoms with Crippen LogP contribution >= 0.6 is 0 Å². The molecule has 1 fully saturated rings. The summed E-state index contributed by atoms with van der Waals surface area (Å²) in [5.41, 5.74) is 0.776. The van der Waals surface area contributed by atoms with Gasteiger partial charge in [-0.05, 0) is 94.5 Å². The number of rotatable bonds is 5. The van der Waals surface area contributed by atoms with Crippen molar-refractivity contribution >= 4 is 22.1 Å². The third-order valence-electron chi connectivity index (χ3n) is 9.12. The van der Waals surface area contributed by atoms with Crippen LogP contribution in [0.15, 0.2) is 53.4 Å². The van der Waals surface area contributed by atoms with Crippen LogP contribution in [0.3, 0.4) is 0 Å². The molecule has 2 aliphatic rings. The molecule has 1 saturated carbocycles. The van der Waals surface area contributed by atoms with E-state index in [0.29, 0.717) is 24.1 Å². The molecule has 5 rings (SSSR count). The van der Waals surface area contributed by atoms with E-state index < -0.39 is 45.1 Å². The van der Waals surface area contributed by atoms with Gasteiger partial charge in [-0.2, -0.15) is 18.2 Å². The number of hydrogen-bond donors (Lipinski definition) is 2. The maximum absolute atomic E-state index is 14.4. The number of hydrogen-bond acceptors (Lipinski definition) is 7. The molecule has 1 aliphatic heterocycles. The topological polar surface area (TPSA) is 120 Å². The highest BCUT2D eigenvalue weighted by molar-refractivity contribution is 7.92. The van der Waals surface area contributed by atoms with Crippen LogP contribution < -0.4 is 14.8 Å². The van der Waals surface area contributed by atoms with Crippen molar-refractivity contribution < 1.29 is 35.9 Å². The summed E-state index contributed by atoms with van der Waals surface area (Å²) in [5, 5.41) is 2.86. The quantitative estimate of drug-likeness (QED) is 0.279. The first-order chi connectivity index (χ1) is 22.2. The zero-order valence-electron chi connectivity index (χ0n) is 28.2. The third kappa shape index (κ3) is 7.88. The Bertz CT molecular complexity index is 1760. The van der Waals surface area contributed by atoms with Gasteiger partial charge in [-0.15, -0.1) is 0 Å². The number of sulfonamides is 1. The number of carbonyl (C=O) groups is 1. The summed E-state index contributed by atoms with van der Waals surface area (Å²) >= 11 is 0. The molecule has 2 atom stereocenters. The number of alkyl halides is 3. The Morgan fingerprint density at radius 2 is 1.65 bits per heavy atom. The molecule has 1 unspecified atom stereocenters. The van der Waals surface area contributed by atoms with Crippen molar-refractivity contribution in [1.29, 1.82) is 0 Å². The highest BCUT2D eigenvalue weighted by Gasteiger charge is 2.51. The molecule has 9 nitrogen and oxygen atoms in total. The molecule has 0 radical (unpaired) electrons. The fourth-order valence-electron chi connectivity index (χ4n) is 6.69. The fraction of sp³-hybridized carbons (Fsp3) is 0.514. The number of anilines is 1. The minimum atomic E-state index is -4.51. The lowest BCUT2D eigenvalue weighted by Crippen LogP contribution is -2.49. The molecule has 4 bridgehead atoms. The van der Waals surface area contributed by atoms with Crippen molar-refractivity contribution in [3.8, 4) is 17.1 Å². The molecule has 1 aliphatic carbocycles. The Labute approximate surface area is 280 Å². The van der Waals surface area contributed by atoms with Gasteiger partial charge in [-0.25, -0.2) is 22.9 Å². The normalized spacial score (nSPS) is 22.5. The molecule has 0 saturated heterocycles. The van der Waals surface area contributed by atoms with E-state index >= 15 is 0 Å². The van der Waals surface area contributed by atoms with Crippen molar-refractivity contribution in [2.24, 2.45) is 17.3 Å². The molecule has 2 aromatic carbocycles. The Morgan fingerprint density at radius 3 is 2.27 bits per heavy atom. The number of amides is 1. The highest BCUT2D eigenvalue weighted by atomic mass is 32.2. The lowest BCUT2D eigenvalue weighted by molar-refractivity contribution is -0.218. The summed E-state index contributed by atoms with van der Waals surface area (Å²) in [6, 6.07) is 13.3. The molecule has 2 heterocycles. The molecule has 1 aromatic heterocycles. The Balaban J connectivity index is 1.58. The fourth-order valence-corrected chi connectivity index (χ4v) is 7.69. The predicted octanol–water partition coefficient (Wildman–Crippen LogP) is 7.94. The van der Waals surface area contributed by atoms with E-state index in [1.165, 1.54) is 26.0 Å². The smallest absolute Gasteiger partial charge is 0.407 e. The molecule has 1 amide bonds. The average Bonchev–Trinajstić information content (AvgIpc) is 2.92. The van der Waals surface area contributed by atoms with E-state index in [1.807, 2.05) is 32.0 Å². The van der Waals surface area contributed by atoms with E-state index in [-0.39, 0.29) is 41.7 Å². The first-order valence-corrected chi connectivity index (χ1v) is 17.5. The van der Waals surface area contributed by atoms with Crippen molar-refractivity contribution in [2.75, 3.05) is 11.3 Å². The lowest BCUT2D eigenvalue weighted by atomic mass is 9.63. The van der Waals surface area contributed by atoms with E-state index in [0.717, 1.165) is 16.7 Å². The maximum Gasteiger partial charge on any atom is 0.407 e. The molecule has 13 heteroatoms. The van der Waals surface area contributed by atoms with E-state index in [4.69, 9.17) is 9.47 Å². The van der Waals surface area contributed by atoms with Crippen LogP contribution in [0.2, 0.25) is 0 Å². The Hall–Kier alpha value is -3.87. The van der Waals surface area contributed by atoms with Gasteiger partial charge in [0.05, 0.1) is 22.6 Å². The Morgan fingerprint density at radius 1 is 1.00 bits per heavy atom. The van der Waals surface area contributed by atoms with E-state index in [1.54, 1.807) is 39.0 Å². The molecular formula is C35H43F3N4O5S. The van der Waals surface area contributed by atoms with Gasteiger partial charge in [-0.3, -0.25) is 0 Å². The lowest BCUT2D eigenvalue weighted by Gasteiger charge is -2.45. The number of aryl methyl sites for hydroxylation is 2. The second-order valence-corrected chi connectivity index (χ2v) is 16.3. The SMILES string of the molecule is Cc1cccc(C)c1-c1cc2nc(n1)NS(=O)(=O)c1cccc(c1)C(C1CC(NC(=O)OC(C)(C)C)C1)[C@H](CC(C)(C)C(F)(F)F)CO2. The number of fused-ring (bicyclic) bond motifs is 4. The van der Waals surface area contributed by atoms with Gasteiger partial charge in [-0.1, -0.05) is 44.2 Å². The van der Waals surface area contributed by atoms with Crippen LogP contribution in [0, 0.1) is 31.1 Å². The number of halogens is 3. The zero-order valence-corrected chi connectivity index (χ0v) is 29.1. The summed E-state index contributed by atoms with van der Waals surface area (Å²) < 4.78 is 84.7. The minimum absolute atomic E-state index is 0.0382. The van der Waals surface area contributed by atoms with Crippen LogP contribution in [-0.2, 0) is 14.8 Å². The molecule has 48 heavy (non-hydrogen) atoms. The minimum Gasteiger partial charge on any atom is -0.477 e. The number of carbonyl (C=O) groups excluding carboxylic acids is 1. The number of ether oxygens (including phenoxy) is 2. The van der Waals surface area contributed by atoms with Crippen LogP contribution in [-0.4, -0.2) is 48.9 Å². The summed E-state index contributed by atoms with van der Waals surface area (Å²) in [5.74, 6) is -1.59. The first-order valence-electron chi connectivity index (χ1n) is 16.0.